The largest absolute Gasteiger partial charge is 0.387 e. The van der Waals surface area contributed by atoms with Crippen LogP contribution in [0.3, 0.4) is 0 Å². The van der Waals surface area contributed by atoms with E-state index in [2.05, 4.69) is 11.4 Å². The second-order valence-electron chi connectivity index (χ2n) is 3.73. The van der Waals surface area contributed by atoms with E-state index >= 15 is 0 Å². The molecule has 0 bridgehead atoms. The topological polar surface area (TPSA) is 56.0 Å². The zero-order valence-electron chi connectivity index (χ0n) is 7.67. The summed E-state index contributed by atoms with van der Waals surface area (Å²) < 4.78 is 0. The molecule has 1 rings (SSSR count). The monoisotopic (exact) mass is 168 g/mol. The lowest BCUT2D eigenvalue weighted by Crippen LogP contribution is -2.49. The summed E-state index contributed by atoms with van der Waals surface area (Å²) in [6.07, 6.45) is 2.07. The fraction of sp³-hybridized carbons (Fsp3) is 0.889. The van der Waals surface area contributed by atoms with Crippen molar-refractivity contribution in [3.05, 3.63) is 0 Å². The van der Waals surface area contributed by atoms with Crippen molar-refractivity contribution >= 4 is 0 Å². The normalized spacial score (nSPS) is 30.7. The fourth-order valence-corrected chi connectivity index (χ4v) is 1.62. The van der Waals surface area contributed by atoms with E-state index in [0.717, 1.165) is 19.4 Å². The van der Waals surface area contributed by atoms with E-state index in [1.54, 1.807) is 13.8 Å². The molecule has 0 spiro atoms. The van der Waals surface area contributed by atoms with Gasteiger partial charge in [-0.2, -0.15) is 5.26 Å². The van der Waals surface area contributed by atoms with Crippen LogP contribution in [0.2, 0.25) is 0 Å². The Bertz CT molecular complexity index is 189. The van der Waals surface area contributed by atoms with Gasteiger partial charge in [-0.15, -0.1) is 0 Å². The standard InChI is InChI=1S/C9H16N2O/c1-7(6-10)9(2,12)8-4-3-5-11-8/h7-8,11-12H,3-5H2,1-2H3. The Morgan fingerprint density at radius 3 is 2.83 bits per heavy atom. The molecule has 2 N–H and O–H groups in total. The van der Waals surface area contributed by atoms with Gasteiger partial charge in [0.1, 0.15) is 0 Å². The molecular formula is C9H16N2O. The fourth-order valence-electron chi connectivity index (χ4n) is 1.62. The lowest BCUT2D eigenvalue weighted by atomic mass is 9.84. The molecule has 0 aromatic rings. The Morgan fingerprint density at radius 2 is 2.42 bits per heavy atom. The summed E-state index contributed by atoms with van der Waals surface area (Å²) in [6.45, 7) is 4.46. The highest BCUT2D eigenvalue weighted by Gasteiger charge is 2.38. The molecule has 3 heteroatoms. The Labute approximate surface area is 73.4 Å². The third-order valence-electron chi connectivity index (χ3n) is 2.84. The van der Waals surface area contributed by atoms with Gasteiger partial charge in [-0.25, -0.2) is 0 Å². The van der Waals surface area contributed by atoms with E-state index in [-0.39, 0.29) is 12.0 Å². The van der Waals surface area contributed by atoms with E-state index in [4.69, 9.17) is 5.26 Å². The number of hydrogen-bond acceptors (Lipinski definition) is 3. The minimum absolute atomic E-state index is 0.0900. The molecule has 68 valence electrons. The van der Waals surface area contributed by atoms with Crippen molar-refractivity contribution in [1.29, 1.82) is 5.26 Å². The van der Waals surface area contributed by atoms with Crippen LogP contribution in [-0.4, -0.2) is 23.3 Å². The van der Waals surface area contributed by atoms with Gasteiger partial charge >= 0.3 is 0 Å². The SMILES string of the molecule is CC(C#N)C(C)(O)C1CCCN1. The number of rotatable bonds is 2. The predicted octanol–water partition coefficient (Wildman–Crippen LogP) is 0.649. The Kier molecular flexibility index (Phi) is 2.71. The van der Waals surface area contributed by atoms with Gasteiger partial charge in [0.25, 0.3) is 0 Å². The van der Waals surface area contributed by atoms with Crippen LogP contribution in [-0.2, 0) is 0 Å². The van der Waals surface area contributed by atoms with Crippen molar-refractivity contribution < 1.29 is 5.11 Å². The molecular weight excluding hydrogens is 152 g/mol. The molecule has 1 saturated heterocycles. The zero-order chi connectivity index (χ0) is 9.19. The smallest absolute Gasteiger partial charge is 0.0926 e. The minimum Gasteiger partial charge on any atom is -0.387 e. The molecule has 3 unspecified atom stereocenters. The second-order valence-corrected chi connectivity index (χ2v) is 3.73. The van der Waals surface area contributed by atoms with Crippen LogP contribution in [0.4, 0.5) is 0 Å². The summed E-state index contributed by atoms with van der Waals surface area (Å²) in [7, 11) is 0. The van der Waals surface area contributed by atoms with Gasteiger partial charge in [0.05, 0.1) is 17.6 Å². The van der Waals surface area contributed by atoms with Gasteiger partial charge in [-0.3, -0.25) is 0 Å². The second kappa shape index (κ2) is 3.42. The van der Waals surface area contributed by atoms with E-state index in [0.29, 0.717) is 0 Å². The van der Waals surface area contributed by atoms with Crippen LogP contribution in [0, 0.1) is 17.2 Å². The van der Waals surface area contributed by atoms with E-state index in [1.165, 1.54) is 0 Å². The van der Waals surface area contributed by atoms with Crippen molar-refractivity contribution in [2.75, 3.05) is 6.54 Å². The van der Waals surface area contributed by atoms with Crippen LogP contribution in [0.15, 0.2) is 0 Å². The summed E-state index contributed by atoms with van der Waals surface area (Å²) in [4.78, 5) is 0. The summed E-state index contributed by atoms with van der Waals surface area (Å²) >= 11 is 0. The summed E-state index contributed by atoms with van der Waals surface area (Å²) in [5.74, 6) is -0.312. The van der Waals surface area contributed by atoms with E-state index < -0.39 is 5.60 Å². The maximum Gasteiger partial charge on any atom is 0.0926 e. The van der Waals surface area contributed by atoms with Gasteiger partial charge in [0.15, 0.2) is 0 Å². The van der Waals surface area contributed by atoms with Crippen molar-refractivity contribution in [2.24, 2.45) is 5.92 Å². The molecule has 1 aliphatic heterocycles. The van der Waals surface area contributed by atoms with Crippen LogP contribution < -0.4 is 5.32 Å². The molecule has 0 aliphatic carbocycles. The number of nitriles is 1. The van der Waals surface area contributed by atoms with Crippen molar-refractivity contribution in [1.82, 2.24) is 5.32 Å². The van der Waals surface area contributed by atoms with Gasteiger partial charge < -0.3 is 10.4 Å². The van der Waals surface area contributed by atoms with Gasteiger partial charge in [-0.05, 0) is 33.2 Å². The number of aliphatic hydroxyl groups is 1. The molecule has 0 amide bonds. The first-order valence-electron chi connectivity index (χ1n) is 4.44. The van der Waals surface area contributed by atoms with Crippen LogP contribution in [0.5, 0.6) is 0 Å². The molecule has 12 heavy (non-hydrogen) atoms. The minimum atomic E-state index is -0.884. The molecule has 0 radical (unpaired) electrons. The van der Waals surface area contributed by atoms with E-state index in [9.17, 15) is 5.11 Å². The van der Waals surface area contributed by atoms with Gasteiger partial charge in [-0.1, -0.05) is 0 Å². The van der Waals surface area contributed by atoms with Crippen molar-refractivity contribution in [2.45, 2.75) is 38.3 Å². The molecule has 3 nitrogen and oxygen atoms in total. The highest BCUT2D eigenvalue weighted by Crippen LogP contribution is 2.25. The Hall–Kier alpha value is -0.590. The quantitative estimate of drug-likeness (QED) is 0.636. The number of nitrogens with one attached hydrogen (secondary N) is 1. The lowest BCUT2D eigenvalue weighted by molar-refractivity contribution is -0.00435. The molecule has 1 aliphatic rings. The summed E-state index contributed by atoms with van der Waals surface area (Å²) in [6, 6.07) is 2.18. The molecule has 3 atom stereocenters. The molecule has 1 heterocycles. The Balaban J connectivity index is 2.63. The van der Waals surface area contributed by atoms with Crippen molar-refractivity contribution in [3.63, 3.8) is 0 Å². The highest BCUT2D eigenvalue weighted by molar-refractivity contribution is 5.01. The lowest BCUT2D eigenvalue weighted by Gasteiger charge is -2.32. The summed E-state index contributed by atoms with van der Waals surface area (Å²) in [5.41, 5.74) is -0.884. The number of nitrogens with zero attached hydrogens (tertiary/aromatic N) is 1. The maximum atomic E-state index is 10.00. The molecule has 1 fully saturated rings. The first-order chi connectivity index (χ1) is 5.59. The Morgan fingerprint density at radius 1 is 1.75 bits per heavy atom. The first-order valence-corrected chi connectivity index (χ1v) is 4.44. The average Bonchev–Trinajstić information content (AvgIpc) is 2.55. The third-order valence-corrected chi connectivity index (χ3v) is 2.84. The average molecular weight is 168 g/mol. The van der Waals surface area contributed by atoms with Crippen molar-refractivity contribution in [3.8, 4) is 6.07 Å². The van der Waals surface area contributed by atoms with Crippen LogP contribution in [0.1, 0.15) is 26.7 Å². The predicted molar refractivity (Wildman–Crippen MR) is 46.4 cm³/mol. The molecule has 0 aromatic carbocycles. The maximum absolute atomic E-state index is 10.00. The third kappa shape index (κ3) is 1.60. The highest BCUT2D eigenvalue weighted by atomic mass is 16.3. The van der Waals surface area contributed by atoms with Gasteiger partial charge in [0.2, 0.25) is 0 Å². The van der Waals surface area contributed by atoms with E-state index in [1.807, 2.05) is 0 Å². The van der Waals surface area contributed by atoms with Crippen LogP contribution in [0.25, 0.3) is 0 Å². The molecule has 0 aromatic heterocycles. The van der Waals surface area contributed by atoms with Gasteiger partial charge in [0, 0.05) is 6.04 Å². The number of hydrogen-bond donors (Lipinski definition) is 2. The zero-order valence-corrected chi connectivity index (χ0v) is 7.67. The molecule has 0 saturated carbocycles. The van der Waals surface area contributed by atoms with Crippen LogP contribution >= 0.6 is 0 Å². The first kappa shape index (κ1) is 9.50. The summed E-state index contributed by atoms with van der Waals surface area (Å²) in [5, 5.41) is 21.9.